The second-order valence-electron chi connectivity index (χ2n) is 5.89. The van der Waals surface area contributed by atoms with Crippen LogP contribution in [0, 0.1) is 5.92 Å². The molecule has 1 aromatic carbocycles. The molecule has 0 bridgehead atoms. The van der Waals surface area contributed by atoms with Gasteiger partial charge in [-0.15, -0.1) is 0 Å². The SMILES string of the molecule is O=C(NC[C@]1(O)CCc2ccccc21)[C@H]1CC=CCC1. The second kappa shape index (κ2) is 5.41. The summed E-state index contributed by atoms with van der Waals surface area (Å²) in [6.07, 6.45) is 8.49. The molecule has 2 aliphatic rings. The van der Waals surface area contributed by atoms with Gasteiger partial charge in [0.2, 0.25) is 5.91 Å². The van der Waals surface area contributed by atoms with E-state index in [0.29, 0.717) is 13.0 Å². The molecule has 2 atom stereocenters. The van der Waals surface area contributed by atoms with E-state index in [1.807, 2.05) is 18.2 Å². The Bertz CT molecular complexity index is 538. The molecule has 106 valence electrons. The number of allylic oxidation sites excluding steroid dienone is 2. The van der Waals surface area contributed by atoms with Crippen LogP contribution < -0.4 is 5.32 Å². The fourth-order valence-electron chi connectivity index (χ4n) is 3.26. The van der Waals surface area contributed by atoms with Crippen LogP contribution in [-0.2, 0) is 16.8 Å². The van der Waals surface area contributed by atoms with Gasteiger partial charge in [0.1, 0.15) is 5.60 Å². The maximum atomic E-state index is 12.2. The first-order chi connectivity index (χ1) is 9.69. The smallest absolute Gasteiger partial charge is 0.223 e. The summed E-state index contributed by atoms with van der Waals surface area (Å²) >= 11 is 0. The number of hydrogen-bond donors (Lipinski definition) is 2. The van der Waals surface area contributed by atoms with Crippen LogP contribution in [0.1, 0.15) is 36.8 Å². The Labute approximate surface area is 119 Å². The van der Waals surface area contributed by atoms with Crippen molar-refractivity contribution in [2.75, 3.05) is 6.54 Å². The van der Waals surface area contributed by atoms with Crippen molar-refractivity contribution < 1.29 is 9.90 Å². The number of aliphatic hydroxyl groups is 1. The number of carbonyl (C=O) groups is 1. The zero-order valence-electron chi connectivity index (χ0n) is 11.6. The van der Waals surface area contributed by atoms with Gasteiger partial charge in [0.25, 0.3) is 0 Å². The molecule has 0 heterocycles. The highest BCUT2D eigenvalue weighted by molar-refractivity contribution is 5.79. The van der Waals surface area contributed by atoms with Crippen LogP contribution >= 0.6 is 0 Å². The largest absolute Gasteiger partial charge is 0.383 e. The maximum Gasteiger partial charge on any atom is 0.223 e. The molecule has 20 heavy (non-hydrogen) atoms. The molecule has 0 saturated heterocycles. The summed E-state index contributed by atoms with van der Waals surface area (Å²) in [6.45, 7) is 0.322. The van der Waals surface area contributed by atoms with Crippen molar-refractivity contribution >= 4 is 5.91 Å². The minimum Gasteiger partial charge on any atom is -0.383 e. The fraction of sp³-hybridized carbons (Fsp3) is 0.471. The zero-order valence-corrected chi connectivity index (χ0v) is 11.6. The van der Waals surface area contributed by atoms with Gasteiger partial charge in [-0.3, -0.25) is 4.79 Å². The maximum absolute atomic E-state index is 12.2. The topological polar surface area (TPSA) is 49.3 Å². The first-order valence-corrected chi connectivity index (χ1v) is 7.42. The lowest BCUT2D eigenvalue weighted by Gasteiger charge is -2.26. The number of nitrogens with one attached hydrogen (secondary N) is 1. The van der Waals surface area contributed by atoms with Gasteiger partial charge < -0.3 is 10.4 Å². The number of carbonyl (C=O) groups excluding carboxylic acids is 1. The summed E-state index contributed by atoms with van der Waals surface area (Å²) in [7, 11) is 0. The predicted molar refractivity (Wildman–Crippen MR) is 78.2 cm³/mol. The third kappa shape index (κ3) is 2.50. The number of hydrogen-bond acceptors (Lipinski definition) is 2. The van der Waals surface area contributed by atoms with Crippen LogP contribution in [-0.4, -0.2) is 17.6 Å². The van der Waals surface area contributed by atoms with E-state index >= 15 is 0 Å². The van der Waals surface area contributed by atoms with Crippen molar-refractivity contribution in [3.05, 3.63) is 47.5 Å². The Morgan fingerprint density at radius 2 is 2.20 bits per heavy atom. The highest BCUT2D eigenvalue weighted by Crippen LogP contribution is 2.36. The third-order valence-corrected chi connectivity index (χ3v) is 4.52. The molecule has 0 radical (unpaired) electrons. The second-order valence-corrected chi connectivity index (χ2v) is 5.89. The van der Waals surface area contributed by atoms with E-state index in [-0.39, 0.29) is 11.8 Å². The molecule has 0 spiro atoms. The van der Waals surface area contributed by atoms with Gasteiger partial charge in [-0.1, -0.05) is 36.4 Å². The Hall–Kier alpha value is -1.61. The Kier molecular flexibility index (Phi) is 3.62. The summed E-state index contributed by atoms with van der Waals surface area (Å²) in [6, 6.07) is 7.97. The quantitative estimate of drug-likeness (QED) is 0.829. The molecule has 1 aromatic rings. The van der Waals surface area contributed by atoms with Crippen molar-refractivity contribution in [3.8, 4) is 0 Å². The van der Waals surface area contributed by atoms with Crippen molar-refractivity contribution in [2.24, 2.45) is 5.92 Å². The summed E-state index contributed by atoms with van der Waals surface area (Å²) < 4.78 is 0. The Morgan fingerprint density at radius 3 is 3.00 bits per heavy atom. The van der Waals surface area contributed by atoms with Crippen molar-refractivity contribution in [1.82, 2.24) is 5.32 Å². The Balaban J connectivity index is 1.64. The number of fused-ring (bicyclic) bond motifs is 1. The number of benzene rings is 1. The lowest BCUT2D eigenvalue weighted by molar-refractivity contribution is -0.126. The molecular formula is C17H21NO2. The standard InChI is InChI=1S/C17H21NO2/c19-16(14-7-2-1-3-8-14)18-12-17(20)11-10-13-6-4-5-9-15(13)17/h1-2,4-6,9,14,20H,3,7-8,10-12H2,(H,18,19)/t14-,17+/m0/s1. The molecule has 3 nitrogen and oxygen atoms in total. The van der Waals surface area contributed by atoms with Gasteiger partial charge in [0.05, 0.1) is 6.54 Å². The fourth-order valence-corrected chi connectivity index (χ4v) is 3.26. The number of aryl methyl sites for hydroxylation is 1. The van der Waals surface area contributed by atoms with Crippen molar-refractivity contribution in [1.29, 1.82) is 0 Å². The lowest BCUT2D eigenvalue weighted by Crippen LogP contribution is -2.41. The average Bonchev–Trinajstić information content (AvgIpc) is 2.84. The minimum atomic E-state index is -0.892. The molecule has 0 aromatic heterocycles. The highest BCUT2D eigenvalue weighted by atomic mass is 16.3. The summed E-state index contributed by atoms with van der Waals surface area (Å²) in [5.74, 6) is 0.146. The number of amides is 1. The minimum absolute atomic E-state index is 0.0697. The van der Waals surface area contributed by atoms with Gasteiger partial charge in [-0.25, -0.2) is 0 Å². The molecule has 0 fully saturated rings. The van der Waals surface area contributed by atoms with E-state index in [1.54, 1.807) is 0 Å². The normalized spacial score (nSPS) is 28.1. The van der Waals surface area contributed by atoms with Crippen LogP contribution in [0.25, 0.3) is 0 Å². The molecular weight excluding hydrogens is 250 g/mol. The predicted octanol–water partition coefficient (Wildman–Crippen LogP) is 2.29. The van der Waals surface area contributed by atoms with Gasteiger partial charge >= 0.3 is 0 Å². The first kappa shape index (κ1) is 13.4. The highest BCUT2D eigenvalue weighted by Gasteiger charge is 2.37. The first-order valence-electron chi connectivity index (χ1n) is 7.42. The lowest BCUT2D eigenvalue weighted by atomic mass is 9.92. The van der Waals surface area contributed by atoms with Crippen molar-refractivity contribution in [3.63, 3.8) is 0 Å². The van der Waals surface area contributed by atoms with Gasteiger partial charge in [-0.2, -0.15) is 0 Å². The molecule has 0 aliphatic heterocycles. The molecule has 3 rings (SSSR count). The molecule has 3 heteroatoms. The molecule has 0 saturated carbocycles. The summed E-state index contributed by atoms with van der Waals surface area (Å²) in [5.41, 5.74) is 1.28. The summed E-state index contributed by atoms with van der Waals surface area (Å²) in [4.78, 5) is 12.2. The van der Waals surface area contributed by atoms with Crippen LogP contribution in [0.4, 0.5) is 0 Å². The van der Waals surface area contributed by atoms with Crippen LogP contribution in [0.3, 0.4) is 0 Å². The van der Waals surface area contributed by atoms with Crippen LogP contribution in [0.5, 0.6) is 0 Å². The zero-order chi connectivity index (χ0) is 14.0. The molecule has 0 unspecified atom stereocenters. The van der Waals surface area contributed by atoms with E-state index in [2.05, 4.69) is 23.5 Å². The van der Waals surface area contributed by atoms with Gasteiger partial charge in [0, 0.05) is 5.92 Å². The third-order valence-electron chi connectivity index (χ3n) is 4.52. The molecule has 2 aliphatic carbocycles. The van der Waals surface area contributed by atoms with Gasteiger partial charge in [0.15, 0.2) is 0 Å². The average molecular weight is 271 g/mol. The molecule has 1 amide bonds. The summed E-state index contributed by atoms with van der Waals surface area (Å²) in [5, 5.41) is 13.7. The van der Waals surface area contributed by atoms with E-state index in [1.165, 1.54) is 5.56 Å². The van der Waals surface area contributed by atoms with E-state index in [4.69, 9.17) is 0 Å². The van der Waals surface area contributed by atoms with Gasteiger partial charge in [-0.05, 0) is 43.2 Å². The van der Waals surface area contributed by atoms with Crippen molar-refractivity contribution in [2.45, 2.75) is 37.7 Å². The van der Waals surface area contributed by atoms with Crippen LogP contribution in [0.2, 0.25) is 0 Å². The number of rotatable bonds is 3. The molecule has 2 N–H and O–H groups in total. The van der Waals surface area contributed by atoms with E-state index in [0.717, 1.165) is 31.2 Å². The van der Waals surface area contributed by atoms with Crippen LogP contribution in [0.15, 0.2) is 36.4 Å². The van der Waals surface area contributed by atoms with E-state index in [9.17, 15) is 9.90 Å². The Morgan fingerprint density at radius 1 is 1.35 bits per heavy atom. The van der Waals surface area contributed by atoms with E-state index < -0.39 is 5.60 Å². The monoisotopic (exact) mass is 271 g/mol.